The summed E-state index contributed by atoms with van der Waals surface area (Å²) in [6, 6.07) is 3.74. The van der Waals surface area contributed by atoms with Gasteiger partial charge in [0.15, 0.2) is 12.2 Å². The Hall–Kier alpha value is -0.920. The molecule has 0 radical (unpaired) electrons. The zero-order valence-electron chi connectivity index (χ0n) is 12.1. The number of anilines is 1. The summed E-state index contributed by atoms with van der Waals surface area (Å²) in [5.41, 5.74) is 0.184. The third kappa shape index (κ3) is 4.08. The molecule has 0 spiro atoms. The minimum absolute atomic E-state index is 0.391. The van der Waals surface area contributed by atoms with Crippen LogP contribution < -0.4 is 5.32 Å². The highest BCUT2D eigenvalue weighted by Crippen LogP contribution is 2.32. The molecule has 0 unspecified atom stereocenters. The van der Waals surface area contributed by atoms with Crippen LogP contribution in [0, 0.1) is 6.92 Å². The molecule has 1 fully saturated rings. The Bertz CT molecular complexity index is 574. The van der Waals surface area contributed by atoms with E-state index in [-0.39, 0.29) is 0 Å². The summed E-state index contributed by atoms with van der Waals surface area (Å²) < 4.78 is 6.39. The van der Waals surface area contributed by atoms with Crippen LogP contribution in [-0.2, 0) is 14.3 Å². The predicted octanol–water partition coefficient (Wildman–Crippen LogP) is 3.31. The normalized spacial score (nSPS) is 16.4. The number of rotatable bonds is 4. The maximum Gasteiger partial charge on any atom is 0.338 e. The number of aliphatic hydroxyl groups is 1. The molecule has 1 saturated carbocycles. The van der Waals surface area contributed by atoms with E-state index in [4.69, 9.17) is 4.74 Å². The number of ether oxygens (including phenoxy) is 1. The van der Waals surface area contributed by atoms with Gasteiger partial charge >= 0.3 is 5.97 Å². The van der Waals surface area contributed by atoms with Crippen LogP contribution in [0.1, 0.15) is 31.2 Å². The van der Waals surface area contributed by atoms with E-state index >= 15 is 0 Å². The molecule has 0 aromatic heterocycles. The van der Waals surface area contributed by atoms with E-state index in [1.54, 1.807) is 0 Å². The van der Waals surface area contributed by atoms with Crippen molar-refractivity contribution in [1.29, 1.82) is 0 Å². The summed E-state index contributed by atoms with van der Waals surface area (Å²) in [7, 11) is 0. The molecule has 22 heavy (non-hydrogen) atoms. The summed E-state index contributed by atoms with van der Waals surface area (Å²) >= 11 is 6.75. The quantitative estimate of drug-likeness (QED) is 0.712. The lowest BCUT2D eigenvalue weighted by atomic mass is 10.0. The second-order valence-electron chi connectivity index (χ2n) is 5.47. The van der Waals surface area contributed by atoms with Gasteiger partial charge in [-0.2, -0.15) is 0 Å². The molecule has 2 rings (SSSR count). The maximum absolute atomic E-state index is 11.9. The summed E-state index contributed by atoms with van der Waals surface area (Å²) in [6.07, 6.45) is 2.37. The van der Waals surface area contributed by atoms with Crippen molar-refractivity contribution in [1.82, 2.24) is 0 Å². The van der Waals surface area contributed by atoms with Crippen molar-refractivity contribution < 1.29 is 19.4 Å². The number of hydrogen-bond acceptors (Lipinski definition) is 4. The highest BCUT2D eigenvalue weighted by Gasteiger charge is 2.40. The van der Waals surface area contributed by atoms with E-state index in [0.717, 1.165) is 27.4 Å². The van der Waals surface area contributed by atoms with E-state index in [2.05, 4.69) is 37.2 Å². The third-order valence-corrected chi connectivity index (χ3v) is 4.85. The molecule has 2 N–H and O–H groups in total. The number of halogens is 2. The number of benzene rings is 1. The molecule has 0 bridgehead atoms. The van der Waals surface area contributed by atoms with Crippen LogP contribution in [0.4, 0.5) is 5.69 Å². The molecule has 5 nitrogen and oxygen atoms in total. The van der Waals surface area contributed by atoms with Gasteiger partial charge in [-0.05, 0) is 82.2 Å². The molecule has 1 amide bonds. The minimum Gasteiger partial charge on any atom is -0.453 e. The van der Waals surface area contributed by atoms with Crippen molar-refractivity contribution >= 4 is 49.4 Å². The Labute approximate surface area is 145 Å². The third-order valence-electron chi connectivity index (χ3n) is 3.60. The highest BCUT2D eigenvalue weighted by molar-refractivity contribution is 9.11. The second-order valence-corrected chi connectivity index (χ2v) is 7.18. The first kappa shape index (κ1) is 17.4. The van der Waals surface area contributed by atoms with Gasteiger partial charge in [0.2, 0.25) is 0 Å². The van der Waals surface area contributed by atoms with Gasteiger partial charge in [0.1, 0.15) is 0 Å². The lowest BCUT2D eigenvalue weighted by Gasteiger charge is -2.19. The Kier molecular flexibility index (Phi) is 5.63. The zero-order chi connectivity index (χ0) is 16.3. The maximum atomic E-state index is 11.9. The fraction of sp³-hybridized carbons (Fsp3) is 0.467. The van der Waals surface area contributed by atoms with Gasteiger partial charge in [0.25, 0.3) is 5.91 Å². The summed E-state index contributed by atoms with van der Waals surface area (Å²) in [4.78, 5) is 23.7. The Morgan fingerprint density at radius 3 is 2.36 bits per heavy atom. The van der Waals surface area contributed by atoms with E-state index in [1.165, 1.54) is 0 Å². The highest BCUT2D eigenvalue weighted by atomic mass is 79.9. The molecule has 0 aliphatic heterocycles. The van der Waals surface area contributed by atoms with Gasteiger partial charge in [-0.15, -0.1) is 0 Å². The number of esters is 1. The van der Waals surface area contributed by atoms with E-state index in [0.29, 0.717) is 18.5 Å². The Balaban J connectivity index is 1.92. The molecule has 7 heteroatoms. The van der Waals surface area contributed by atoms with Crippen molar-refractivity contribution in [3.8, 4) is 0 Å². The number of carbonyl (C=O) groups is 2. The number of aryl methyl sites for hydroxylation is 1. The molecule has 120 valence electrons. The van der Waals surface area contributed by atoms with Crippen LogP contribution in [-0.4, -0.2) is 29.2 Å². The average molecular weight is 435 g/mol. The van der Waals surface area contributed by atoms with Gasteiger partial charge in [-0.25, -0.2) is 4.79 Å². The van der Waals surface area contributed by atoms with Gasteiger partial charge in [-0.1, -0.05) is 0 Å². The van der Waals surface area contributed by atoms with Gasteiger partial charge < -0.3 is 15.2 Å². The minimum atomic E-state index is -1.43. The van der Waals surface area contributed by atoms with E-state index in [1.807, 2.05) is 19.1 Å². The Morgan fingerprint density at radius 1 is 1.27 bits per heavy atom. The van der Waals surface area contributed by atoms with Gasteiger partial charge in [0, 0.05) is 8.95 Å². The number of hydrogen-bond donors (Lipinski definition) is 2. The van der Waals surface area contributed by atoms with Crippen LogP contribution in [0.25, 0.3) is 0 Å². The van der Waals surface area contributed by atoms with Crippen molar-refractivity contribution in [2.45, 2.75) is 38.2 Å². The van der Waals surface area contributed by atoms with E-state index < -0.39 is 24.1 Å². The van der Waals surface area contributed by atoms with Gasteiger partial charge in [-0.3, -0.25) is 4.79 Å². The van der Waals surface area contributed by atoms with Crippen LogP contribution in [0.3, 0.4) is 0 Å². The van der Waals surface area contributed by atoms with Crippen LogP contribution in [0.5, 0.6) is 0 Å². The second kappa shape index (κ2) is 7.10. The fourth-order valence-corrected chi connectivity index (χ4v) is 4.04. The van der Waals surface area contributed by atoms with Crippen LogP contribution >= 0.6 is 31.9 Å². The molecule has 1 aromatic carbocycles. The standard InChI is InChI=1S/C15H17Br2NO4/c1-9-6-10(16)13(11(17)7-9)18-12(19)8-22-14(20)15(21)4-2-3-5-15/h6-7,21H,2-5,8H2,1H3,(H,18,19). The molecule has 0 saturated heterocycles. The van der Waals surface area contributed by atoms with Crippen molar-refractivity contribution in [2.75, 3.05) is 11.9 Å². The lowest BCUT2D eigenvalue weighted by molar-refractivity contribution is -0.166. The van der Waals surface area contributed by atoms with Crippen molar-refractivity contribution in [2.24, 2.45) is 0 Å². The monoisotopic (exact) mass is 433 g/mol. The van der Waals surface area contributed by atoms with E-state index in [9.17, 15) is 14.7 Å². The van der Waals surface area contributed by atoms with Crippen molar-refractivity contribution in [3.63, 3.8) is 0 Å². The smallest absolute Gasteiger partial charge is 0.338 e. The van der Waals surface area contributed by atoms with Crippen LogP contribution in [0.2, 0.25) is 0 Å². The predicted molar refractivity (Wildman–Crippen MR) is 89.6 cm³/mol. The number of amides is 1. The molecule has 0 atom stereocenters. The fourth-order valence-electron chi connectivity index (χ4n) is 2.42. The van der Waals surface area contributed by atoms with Crippen molar-refractivity contribution in [3.05, 3.63) is 26.6 Å². The molecule has 1 aliphatic carbocycles. The average Bonchev–Trinajstić information content (AvgIpc) is 2.88. The molecule has 0 heterocycles. The molecule has 1 aliphatic rings. The molecular formula is C15H17Br2NO4. The first-order chi connectivity index (χ1) is 10.3. The summed E-state index contributed by atoms with van der Waals surface area (Å²) in [6.45, 7) is 1.51. The number of nitrogens with one attached hydrogen (secondary N) is 1. The molecular weight excluding hydrogens is 418 g/mol. The lowest BCUT2D eigenvalue weighted by Crippen LogP contribution is -2.38. The largest absolute Gasteiger partial charge is 0.453 e. The van der Waals surface area contributed by atoms with Crippen LogP contribution in [0.15, 0.2) is 21.1 Å². The zero-order valence-corrected chi connectivity index (χ0v) is 15.3. The Morgan fingerprint density at radius 2 is 1.82 bits per heavy atom. The SMILES string of the molecule is Cc1cc(Br)c(NC(=O)COC(=O)C2(O)CCCC2)c(Br)c1. The topological polar surface area (TPSA) is 75.6 Å². The summed E-state index contributed by atoms with van der Waals surface area (Å²) in [5, 5.41) is 12.7. The first-order valence-electron chi connectivity index (χ1n) is 6.97. The summed E-state index contributed by atoms with van der Waals surface area (Å²) in [5.74, 6) is -1.18. The first-order valence-corrected chi connectivity index (χ1v) is 8.55. The molecule has 1 aromatic rings. The van der Waals surface area contributed by atoms with Gasteiger partial charge in [0.05, 0.1) is 5.69 Å². The number of carbonyl (C=O) groups excluding carboxylic acids is 2.